The molecule has 2 aromatic rings. The molecule has 0 saturated heterocycles. The number of benzene rings is 2. The van der Waals surface area contributed by atoms with E-state index in [0.29, 0.717) is 10.9 Å². The third kappa shape index (κ3) is 2.41. The molecule has 20 heavy (non-hydrogen) atoms. The van der Waals surface area contributed by atoms with Gasteiger partial charge in [0.2, 0.25) is 0 Å². The fourth-order valence-corrected chi connectivity index (χ4v) is 3.16. The second-order valence-electron chi connectivity index (χ2n) is 5.33. The van der Waals surface area contributed by atoms with Crippen molar-refractivity contribution in [1.29, 1.82) is 0 Å². The predicted octanol–water partition coefficient (Wildman–Crippen LogP) is 4.08. The minimum atomic E-state index is -0.0272. The summed E-state index contributed by atoms with van der Waals surface area (Å²) < 4.78 is 5.39. The molecule has 0 amide bonds. The van der Waals surface area contributed by atoms with Crippen molar-refractivity contribution in [3.8, 4) is 5.75 Å². The summed E-state index contributed by atoms with van der Waals surface area (Å²) in [6.45, 7) is 0. The third-order valence-corrected chi connectivity index (χ3v) is 4.33. The zero-order chi connectivity index (χ0) is 14.1. The monoisotopic (exact) mass is 287 g/mol. The van der Waals surface area contributed by atoms with Crippen molar-refractivity contribution in [2.24, 2.45) is 5.73 Å². The van der Waals surface area contributed by atoms with Gasteiger partial charge in [-0.3, -0.25) is 0 Å². The molecule has 1 aliphatic carbocycles. The molecule has 0 radical (unpaired) electrons. The Balaban J connectivity index is 1.76. The van der Waals surface area contributed by atoms with Gasteiger partial charge < -0.3 is 10.5 Å². The minimum Gasteiger partial charge on any atom is -0.496 e. The van der Waals surface area contributed by atoms with Gasteiger partial charge in [0.1, 0.15) is 5.75 Å². The average Bonchev–Trinajstić information content (AvgIpc) is 2.44. The lowest BCUT2D eigenvalue weighted by molar-refractivity contribution is 0.399. The maximum absolute atomic E-state index is 6.37. The minimum absolute atomic E-state index is 0.0272. The maximum atomic E-state index is 6.37. The Morgan fingerprint density at radius 2 is 2.10 bits per heavy atom. The van der Waals surface area contributed by atoms with E-state index >= 15 is 0 Å². The van der Waals surface area contributed by atoms with Crippen molar-refractivity contribution in [2.75, 3.05) is 7.11 Å². The molecule has 0 bridgehead atoms. The molecule has 2 nitrogen and oxygen atoms in total. The van der Waals surface area contributed by atoms with Gasteiger partial charge in [0.15, 0.2) is 0 Å². The quantitative estimate of drug-likeness (QED) is 0.920. The number of methoxy groups -OCH3 is 1. The smallest absolute Gasteiger partial charge is 0.125 e. The van der Waals surface area contributed by atoms with E-state index in [4.69, 9.17) is 22.1 Å². The Morgan fingerprint density at radius 1 is 1.30 bits per heavy atom. The molecular weight excluding hydrogens is 270 g/mol. The van der Waals surface area contributed by atoms with Crippen molar-refractivity contribution in [2.45, 2.75) is 24.8 Å². The van der Waals surface area contributed by atoms with E-state index in [0.717, 1.165) is 24.2 Å². The van der Waals surface area contributed by atoms with Crippen LogP contribution in [0.3, 0.4) is 0 Å². The molecule has 0 spiro atoms. The Hall–Kier alpha value is -1.51. The molecule has 0 aromatic heterocycles. The SMILES string of the molecule is COc1cc(Cl)ccc1C(N)CC1Cc2ccccc21. The Bertz CT molecular complexity index is 626. The number of hydrogen-bond acceptors (Lipinski definition) is 2. The molecule has 2 N–H and O–H groups in total. The summed E-state index contributed by atoms with van der Waals surface area (Å²) in [6.07, 6.45) is 2.06. The highest BCUT2D eigenvalue weighted by Gasteiger charge is 2.28. The van der Waals surface area contributed by atoms with E-state index in [1.54, 1.807) is 7.11 Å². The number of fused-ring (bicyclic) bond motifs is 1. The summed E-state index contributed by atoms with van der Waals surface area (Å²) in [4.78, 5) is 0. The van der Waals surface area contributed by atoms with Crippen LogP contribution in [-0.2, 0) is 6.42 Å². The van der Waals surface area contributed by atoms with Crippen molar-refractivity contribution < 1.29 is 4.74 Å². The van der Waals surface area contributed by atoms with Crippen molar-refractivity contribution in [3.63, 3.8) is 0 Å². The first-order valence-corrected chi connectivity index (χ1v) is 7.23. The van der Waals surface area contributed by atoms with Crippen LogP contribution >= 0.6 is 11.6 Å². The van der Waals surface area contributed by atoms with Gasteiger partial charge in [0.25, 0.3) is 0 Å². The van der Waals surface area contributed by atoms with E-state index in [1.165, 1.54) is 11.1 Å². The molecule has 3 heteroatoms. The summed E-state index contributed by atoms with van der Waals surface area (Å²) in [5.41, 5.74) is 10.3. The second kappa shape index (κ2) is 5.47. The van der Waals surface area contributed by atoms with Crippen LogP contribution in [0.5, 0.6) is 5.75 Å². The highest BCUT2D eigenvalue weighted by atomic mass is 35.5. The average molecular weight is 288 g/mol. The molecule has 3 rings (SSSR count). The molecular formula is C17H18ClNO. The highest BCUT2D eigenvalue weighted by Crippen LogP contribution is 2.41. The molecule has 2 aromatic carbocycles. The normalized spacial score (nSPS) is 18.1. The summed E-state index contributed by atoms with van der Waals surface area (Å²) >= 11 is 5.99. The standard InChI is InChI=1S/C17H18ClNO/c1-20-17-10-13(18)6-7-15(17)16(19)9-12-8-11-4-2-3-5-14(11)12/h2-7,10,12,16H,8-9,19H2,1H3. The van der Waals surface area contributed by atoms with Crippen LogP contribution in [0, 0.1) is 0 Å². The zero-order valence-corrected chi connectivity index (χ0v) is 12.2. The molecule has 2 atom stereocenters. The fourth-order valence-electron chi connectivity index (χ4n) is 3.00. The van der Waals surface area contributed by atoms with Crippen LogP contribution in [0.25, 0.3) is 0 Å². The van der Waals surface area contributed by atoms with Gasteiger partial charge in [0.05, 0.1) is 7.11 Å². The lowest BCUT2D eigenvalue weighted by atomic mass is 9.74. The number of ether oxygens (including phenoxy) is 1. The molecule has 1 aliphatic rings. The summed E-state index contributed by atoms with van der Waals surface area (Å²) in [5, 5.41) is 0.673. The molecule has 0 fully saturated rings. The highest BCUT2D eigenvalue weighted by molar-refractivity contribution is 6.30. The van der Waals surface area contributed by atoms with E-state index in [2.05, 4.69) is 24.3 Å². The van der Waals surface area contributed by atoms with Crippen molar-refractivity contribution in [1.82, 2.24) is 0 Å². The fraction of sp³-hybridized carbons (Fsp3) is 0.294. The first-order valence-electron chi connectivity index (χ1n) is 6.86. The van der Waals surface area contributed by atoms with Crippen LogP contribution in [0.15, 0.2) is 42.5 Å². The summed E-state index contributed by atoms with van der Waals surface area (Å²) in [5.74, 6) is 1.33. The summed E-state index contributed by atoms with van der Waals surface area (Å²) in [6, 6.07) is 14.2. The van der Waals surface area contributed by atoms with Gasteiger partial charge in [-0.05, 0) is 42.0 Å². The van der Waals surface area contributed by atoms with E-state index in [-0.39, 0.29) is 6.04 Å². The number of hydrogen-bond donors (Lipinski definition) is 1. The number of halogens is 1. The molecule has 0 saturated carbocycles. The van der Waals surface area contributed by atoms with Crippen LogP contribution in [0.2, 0.25) is 5.02 Å². The second-order valence-corrected chi connectivity index (χ2v) is 5.76. The van der Waals surface area contributed by atoms with Crippen LogP contribution < -0.4 is 10.5 Å². The van der Waals surface area contributed by atoms with Gasteiger partial charge in [-0.15, -0.1) is 0 Å². The molecule has 2 unspecified atom stereocenters. The van der Waals surface area contributed by atoms with Gasteiger partial charge in [-0.1, -0.05) is 41.9 Å². The Morgan fingerprint density at radius 3 is 2.85 bits per heavy atom. The largest absolute Gasteiger partial charge is 0.496 e. The number of rotatable bonds is 4. The van der Waals surface area contributed by atoms with E-state index in [1.807, 2.05) is 18.2 Å². The first-order chi connectivity index (χ1) is 9.69. The maximum Gasteiger partial charge on any atom is 0.125 e. The van der Waals surface area contributed by atoms with Gasteiger partial charge in [-0.25, -0.2) is 0 Å². The predicted molar refractivity (Wildman–Crippen MR) is 82.4 cm³/mol. The molecule has 0 aliphatic heterocycles. The number of nitrogens with two attached hydrogens (primary N) is 1. The first kappa shape index (κ1) is 13.5. The van der Waals surface area contributed by atoms with Crippen molar-refractivity contribution in [3.05, 3.63) is 64.2 Å². The van der Waals surface area contributed by atoms with Gasteiger partial charge >= 0.3 is 0 Å². The third-order valence-electron chi connectivity index (χ3n) is 4.09. The van der Waals surface area contributed by atoms with E-state index in [9.17, 15) is 0 Å². The van der Waals surface area contributed by atoms with Crippen LogP contribution in [0.4, 0.5) is 0 Å². The van der Waals surface area contributed by atoms with Crippen molar-refractivity contribution >= 4 is 11.6 Å². The zero-order valence-electron chi connectivity index (χ0n) is 11.5. The van der Waals surface area contributed by atoms with E-state index < -0.39 is 0 Å². The molecule has 104 valence electrons. The Labute approximate surface area is 124 Å². The van der Waals surface area contributed by atoms with Gasteiger partial charge in [0, 0.05) is 16.6 Å². The molecule has 0 heterocycles. The lowest BCUT2D eigenvalue weighted by Gasteiger charge is -2.32. The topological polar surface area (TPSA) is 35.2 Å². The van der Waals surface area contributed by atoms with Gasteiger partial charge in [-0.2, -0.15) is 0 Å². The summed E-state index contributed by atoms with van der Waals surface area (Å²) in [7, 11) is 1.65. The lowest BCUT2D eigenvalue weighted by Crippen LogP contribution is -2.23. The van der Waals surface area contributed by atoms with Crippen LogP contribution in [-0.4, -0.2) is 7.11 Å². The Kier molecular flexibility index (Phi) is 3.68. The van der Waals surface area contributed by atoms with Crippen LogP contribution in [0.1, 0.15) is 35.1 Å².